The Balaban J connectivity index is 1.98. The van der Waals surface area contributed by atoms with Crippen molar-refractivity contribution in [3.63, 3.8) is 0 Å². The largest absolute Gasteiger partial charge is 0.465 e. The highest BCUT2D eigenvalue weighted by Crippen LogP contribution is 2.37. The molecule has 3 rings (SSSR count). The lowest BCUT2D eigenvalue weighted by Gasteiger charge is -2.17. The van der Waals surface area contributed by atoms with E-state index in [2.05, 4.69) is 6.92 Å². The van der Waals surface area contributed by atoms with Crippen LogP contribution in [0.3, 0.4) is 0 Å². The third-order valence-corrected chi connectivity index (χ3v) is 4.53. The van der Waals surface area contributed by atoms with Crippen LogP contribution >= 0.6 is 24.0 Å². The van der Waals surface area contributed by atoms with Gasteiger partial charge in [-0.1, -0.05) is 49.1 Å². The number of amides is 1. The molecule has 1 aliphatic rings. The number of carbonyl (C=O) groups is 1. The second kappa shape index (κ2) is 5.87. The van der Waals surface area contributed by atoms with E-state index in [-0.39, 0.29) is 5.91 Å². The smallest absolute Gasteiger partial charge is 0.270 e. The number of hydrogen-bond acceptors (Lipinski definition) is 4. The summed E-state index contributed by atoms with van der Waals surface area (Å²) in [5.41, 5.74) is 1.97. The highest BCUT2D eigenvalue weighted by Gasteiger charge is 2.34. The minimum Gasteiger partial charge on any atom is -0.465 e. The number of nitrogens with zero attached hydrogens (tertiary/aromatic N) is 1. The summed E-state index contributed by atoms with van der Waals surface area (Å²) >= 11 is 6.68. The van der Waals surface area contributed by atoms with Crippen LogP contribution in [0, 0.1) is 0 Å². The summed E-state index contributed by atoms with van der Waals surface area (Å²) in [6.07, 6.45) is 4.16. The third kappa shape index (κ3) is 2.66. The summed E-state index contributed by atoms with van der Waals surface area (Å²) in [6.45, 7) is 2.06. The van der Waals surface area contributed by atoms with Crippen molar-refractivity contribution in [2.75, 3.05) is 4.90 Å². The third-order valence-electron chi connectivity index (χ3n) is 3.22. The van der Waals surface area contributed by atoms with Crippen molar-refractivity contribution in [3.05, 3.63) is 58.9 Å². The van der Waals surface area contributed by atoms with E-state index < -0.39 is 0 Å². The van der Waals surface area contributed by atoms with Crippen molar-refractivity contribution in [1.82, 2.24) is 0 Å². The van der Waals surface area contributed by atoms with E-state index in [1.54, 1.807) is 23.3 Å². The molecule has 5 heteroatoms. The Hall–Kier alpha value is -1.85. The maximum absolute atomic E-state index is 12.6. The van der Waals surface area contributed by atoms with Crippen molar-refractivity contribution in [3.8, 4) is 0 Å². The molecule has 0 radical (unpaired) electrons. The number of anilines is 1. The Morgan fingerprint density at radius 2 is 2.10 bits per heavy atom. The van der Waals surface area contributed by atoms with E-state index in [9.17, 15) is 4.79 Å². The summed E-state index contributed by atoms with van der Waals surface area (Å²) < 4.78 is 5.82. The minimum absolute atomic E-state index is 0.0951. The maximum atomic E-state index is 12.6. The number of thioether (sulfide) groups is 1. The van der Waals surface area contributed by atoms with Gasteiger partial charge in [0.25, 0.3) is 5.91 Å². The van der Waals surface area contributed by atoms with Crippen molar-refractivity contribution in [2.45, 2.75) is 13.3 Å². The van der Waals surface area contributed by atoms with Gasteiger partial charge in [-0.2, -0.15) is 0 Å². The highest BCUT2D eigenvalue weighted by molar-refractivity contribution is 8.27. The monoisotopic (exact) mass is 315 g/mol. The van der Waals surface area contributed by atoms with Crippen LogP contribution in [0.15, 0.2) is 52.0 Å². The number of hydrogen-bond donors (Lipinski definition) is 0. The van der Waals surface area contributed by atoms with E-state index in [1.807, 2.05) is 30.3 Å². The second-order valence-electron chi connectivity index (χ2n) is 4.51. The fourth-order valence-electron chi connectivity index (χ4n) is 2.21. The zero-order valence-electron chi connectivity index (χ0n) is 11.4. The molecule has 1 aromatic heterocycles. The highest BCUT2D eigenvalue weighted by atomic mass is 32.2. The maximum Gasteiger partial charge on any atom is 0.270 e. The molecule has 0 N–H and O–H groups in total. The fourth-order valence-corrected chi connectivity index (χ4v) is 3.47. The van der Waals surface area contributed by atoms with E-state index in [4.69, 9.17) is 16.6 Å². The standard InChI is InChI=1S/C16H13NO2S2/c1-2-11-6-3-4-8-13(11)17-15(18)14(21-16(17)20)10-12-7-5-9-19-12/h3-10H,2H2,1H3. The van der Waals surface area contributed by atoms with Gasteiger partial charge in [0.15, 0.2) is 4.32 Å². The summed E-state index contributed by atoms with van der Waals surface area (Å²) in [7, 11) is 0. The molecule has 0 saturated carbocycles. The molecule has 0 spiro atoms. The van der Waals surface area contributed by atoms with E-state index in [0.717, 1.165) is 17.7 Å². The molecule has 0 aliphatic carbocycles. The van der Waals surface area contributed by atoms with Crippen LogP contribution < -0.4 is 4.90 Å². The molecule has 21 heavy (non-hydrogen) atoms. The van der Waals surface area contributed by atoms with Crippen LogP contribution in [-0.2, 0) is 11.2 Å². The van der Waals surface area contributed by atoms with Gasteiger partial charge in [0.2, 0.25) is 0 Å². The van der Waals surface area contributed by atoms with Crippen molar-refractivity contribution in [2.24, 2.45) is 0 Å². The second-order valence-corrected chi connectivity index (χ2v) is 6.19. The number of thiocarbonyl (C=S) groups is 1. The Morgan fingerprint density at radius 1 is 1.29 bits per heavy atom. The lowest BCUT2D eigenvalue weighted by atomic mass is 10.1. The van der Waals surface area contributed by atoms with Crippen molar-refractivity contribution in [1.29, 1.82) is 0 Å². The molecule has 1 saturated heterocycles. The molecule has 2 heterocycles. The van der Waals surface area contributed by atoms with E-state index in [1.165, 1.54) is 11.8 Å². The Labute approximate surface area is 132 Å². The van der Waals surface area contributed by atoms with Gasteiger partial charge in [-0.3, -0.25) is 9.69 Å². The van der Waals surface area contributed by atoms with Gasteiger partial charge in [0.05, 0.1) is 16.9 Å². The molecular weight excluding hydrogens is 302 g/mol. The lowest BCUT2D eigenvalue weighted by molar-refractivity contribution is -0.113. The van der Waals surface area contributed by atoms with Gasteiger partial charge < -0.3 is 4.42 Å². The number of para-hydroxylation sites is 1. The number of benzene rings is 1. The first-order valence-electron chi connectivity index (χ1n) is 6.60. The first kappa shape index (κ1) is 14.1. The lowest BCUT2D eigenvalue weighted by Crippen LogP contribution is -2.28. The van der Waals surface area contributed by atoms with Crippen LogP contribution in [0.4, 0.5) is 5.69 Å². The number of furan rings is 1. The van der Waals surface area contributed by atoms with Gasteiger partial charge in [-0.15, -0.1) is 0 Å². The Morgan fingerprint density at radius 3 is 2.81 bits per heavy atom. The molecule has 0 bridgehead atoms. The van der Waals surface area contributed by atoms with Gasteiger partial charge >= 0.3 is 0 Å². The van der Waals surface area contributed by atoms with Crippen molar-refractivity contribution < 1.29 is 9.21 Å². The quantitative estimate of drug-likeness (QED) is 0.626. The molecule has 2 aromatic rings. The molecular formula is C16H13NO2S2. The molecule has 1 fully saturated rings. The van der Waals surface area contributed by atoms with Crippen LogP contribution in [0.1, 0.15) is 18.2 Å². The summed E-state index contributed by atoms with van der Waals surface area (Å²) in [5.74, 6) is 0.557. The molecule has 1 aliphatic heterocycles. The van der Waals surface area contributed by atoms with E-state index >= 15 is 0 Å². The molecule has 1 amide bonds. The fraction of sp³-hybridized carbons (Fsp3) is 0.125. The summed E-state index contributed by atoms with van der Waals surface area (Å²) in [6, 6.07) is 11.4. The molecule has 106 valence electrons. The first-order chi connectivity index (χ1) is 10.2. The average Bonchev–Trinajstić information content (AvgIpc) is 3.09. The zero-order chi connectivity index (χ0) is 14.8. The van der Waals surface area contributed by atoms with Gasteiger partial charge in [0, 0.05) is 6.08 Å². The summed E-state index contributed by atoms with van der Waals surface area (Å²) in [5, 5.41) is 0. The normalized spacial score (nSPS) is 17.0. The average molecular weight is 315 g/mol. The summed E-state index contributed by atoms with van der Waals surface area (Å²) in [4.78, 5) is 14.8. The number of carbonyl (C=O) groups excluding carboxylic acids is 1. The Kier molecular flexibility index (Phi) is 3.94. The van der Waals surface area contributed by atoms with Crippen LogP contribution in [-0.4, -0.2) is 10.2 Å². The molecule has 0 atom stereocenters. The zero-order valence-corrected chi connectivity index (χ0v) is 13.0. The van der Waals surface area contributed by atoms with Crippen LogP contribution in [0.2, 0.25) is 0 Å². The Bertz CT molecular complexity index is 720. The van der Waals surface area contributed by atoms with Crippen molar-refractivity contribution >= 4 is 46.0 Å². The predicted molar refractivity (Wildman–Crippen MR) is 90.2 cm³/mol. The van der Waals surface area contributed by atoms with Crippen LogP contribution in [0.5, 0.6) is 0 Å². The minimum atomic E-state index is -0.0951. The van der Waals surface area contributed by atoms with E-state index in [0.29, 0.717) is 15.0 Å². The number of rotatable bonds is 3. The topological polar surface area (TPSA) is 33.5 Å². The molecule has 1 aromatic carbocycles. The van der Waals surface area contributed by atoms with Gasteiger partial charge in [0.1, 0.15) is 5.76 Å². The number of aryl methyl sites for hydroxylation is 1. The molecule has 0 unspecified atom stereocenters. The van der Waals surface area contributed by atoms with Gasteiger partial charge in [-0.05, 0) is 30.2 Å². The SMILES string of the molecule is CCc1ccccc1N1C(=O)C(=Cc2ccco2)SC1=S. The predicted octanol–water partition coefficient (Wildman–Crippen LogP) is 4.25. The van der Waals surface area contributed by atoms with Gasteiger partial charge in [-0.25, -0.2) is 0 Å². The first-order valence-corrected chi connectivity index (χ1v) is 7.82. The van der Waals surface area contributed by atoms with Crippen LogP contribution in [0.25, 0.3) is 6.08 Å². The molecule has 3 nitrogen and oxygen atoms in total.